The summed E-state index contributed by atoms with van der Waals surface area (Å²) >= 11 is 0. The van der Waals surface area contributed by atoms with E-state index in [2.05, 4.69) is 38.0 Å². The molecule has 1 aliphatic heterocycles. The van der Waals surface area contributed by atoms with Crippen LogP contribution in [0.5, 0.6) is 0 Å². The lowest BCUT2D eigenvalue weighted by molar-refractivity contribution is 0.250. The predicted molar refractivity (Wildman–Crippen MR) is 78.6 cm³/mol. The number of unbranched alkanes of at least 4 members (excludes halogenated alkanes) is 1. The van der Waals surface area contributed by atoms with Gasteiger partial charge in [0.15, 0.2) is 0 Å². The van der Waals surface area contributed by atoms with Crippen molar-refractivity contribution in [1.29, 1.82) is 0 Å². The maximum Gasteiger partial charge on any atom is 0.0131 e. The molecule has 0 amide bonds. The van der Waals surface area contributed by atoms with Crippen LogP contribution in [0.4, 0.5) is 0 Å². The van der Waals surface area contributed by atoms with E-state index in [1.807, 2.05) is 13.8 Å². The van der Waals surface area contributed by atoms with E-state index in [0.717, 1.165) is 6.04 Å². The first-order valence-electron chi connectivity index (χ1n) is 7.48. The lowest BCUT2D eigenvalue weighted by Gasteiger charge is -2.28. The summed E-state index contributed by atoms with van der Waals surface area (Å²) in [7, 11) is 2.25. The third-order valence-electron chi connectivity index (χ3n) is 3.80. The molecule has 1 atom stereocenters. The van der Waals surface area contributed by atoms with Gasteiger partial charge >= 0.3 is 0 Å². The minimum Gasteiger partial charge on any atom is -0.313 e. The van der Waals surface area contributed by atoms with Crippen molar-refractivity contribution < 1.29 is 0 Å². The van der Waals surface area contributed by atoms with Crippen LogP contribution in [-0.4, -0.2) is 37.6 Å². The predicted octanol–water partition coefficient (Wildman–Crippen LogP) is 3.52. The van der Waals surface area contributed by atoms with E-state index in [0.29, 0.717) is 5.41 Å². The van der Waals surface area contributed by atoms with Crippen LogP contribution in [0, 0.1) is 5.41 Å². The Kier molecular flexibility index (Phi) is 8.89. The van der Waals surface area contributed by atoms with Gasteiger partial charge in [-0.15, -0.1) is 0 Å². The van der Waals surface area contributed by atoms with E-state index in [1.165, 1.54) is 45.3 Å². The highest BCUT2D eigenvalue weighted by Gasteiger charge is 2.33. The van der Waals surface area contributed by atoms with Gasteiger partial charge in [-0.2, -0.15) is 0 Å². The molecule has 0 radical (unpaired) electrons. The molecule has 0 bridgehead atoms. The monoisotopic (exact) mass is 242 g/mol. The van der Waals surface area contributed by atoms with Crippen LogP contribution in [0.25, 0.3) is 0 Å². The van der Waals surface area contributed by atoms with Crippen molar-refractivity contribution >= 4 is 0 Å². The molecule has 0 spiro atoms. The molecule has 1 fully saturated rings. The van der Waals surface area contributed by atoms with Crippen molar-refractivity contribution in [2.45, 2.75) is 66.3 Å². The molecule has 2 heteroatoms. The minimum absolute atomic E-state index is 0.506. The largest absolute Gasteiger partial charge is 0.313 e. The average molecular weight is 242 g/mol. The first-order valence-corrected chi connectivity index (χ1v) is 7.48. The molecule has 0 aliphatic carbocycles. The minimum atomic E-state index is 0.506. The molecule has 0 aromatic rings. The number of nitrogens with one attached hydrogen (secondary N) is 1. The molecule has 0 saturated carbocycles. The van der Waals surface area contributed by atoms with Crippen LogP contribution < -0.4 is 5.32 Å². The van der Waals surface area contributed by atoms with Crippen molar-refractivity contribution in [3.8, 4) is 0 Å². The molecule has 1 rings (SSSR count). The third-order valence-corrected chi connectivity index (χ3v) is 3.80. The third kappa shape index (κ3) is 6.42. The van der Waals surface area contributed by atoms with Crippen molar-refractivity contribution in [2.75, 3.05) is 26.7 Å². The molecule has 1 N–H and O–H groups in total. The summed E-state index contributed by atoms with van der Waals surface area (Å²) in [6, 6.07) is 0.724. The average Bonchev–Trinajstić information content (AvgIpc) is 2.65. The van der Waals surface area contributed by atoms with Crippen molar-refractivity contribution in [3.05, 3.63) is 0 Å². The second kappa shape index (κ2) is 8.93. The topological polar surface area (TPSA) is 15.3 Å². The lowest BCUT2D eigenvalue weighted by atomic mass is 9.83. The highest BCUT2D eigenvalue weighted by Crippen LogP contribution is 2.31. The SMILES string of the molecule is CC.CCCCN(C)CCC1NCCC1(C)C. The quantitative estimate of drug-likeness (QED) is 0.766. The Labute approximate surface area is 109 Å². The van der Waals surface area contributed by atoms with E-state index in [-0.39, 0.29) is 0 Å². The zero-order valence-corrected chi connectivity index (χ0v) is 13.0. The van der Waals surface area contributed by atoms with Crippen LogP contribution in [0.2, 0.25) is 0 Å². The molecule has 1 unspecified atom stereocenters. The Morgan fingerprint density at radius 2 is 1.88 bits per heavy atom. The number of hydrogen-bond acceptors (Lipinski definition) is 2. The first kappa shape index (κ1) is 16.9. The molecule has 17 heavy (non-hydrogen) atoms. The van der Waals surface area contributed by atoms with Crippen LogP contribution >= 0.6 is 0 Å². The molecule has 1 saturated heterocycles. The number of nitrogens with zero attached hydrogens (tertiary/aromatic N) is 1. The van der Waals surface area contributed by atoms with Crippen molar-refractivity contribution in [3.63, 3.8) is 0 Å². The van der Waals surface area contributed by atoms with E-state index in [1.54, 1.807) is 0 Å². The van der Waals surface area contributed by atoms with Gasteiger partial charge in [-0.05, 0) is 51.4 Å². The number of rotatable bonds is 6. The van der Waals surface area contributed by atoms with Crippen LogP contribution in [0.1, 0.15) is 60.3 Å². The second-order valence-electron chi connectivity index (χ2n) is 5.69. The zero-order chi connectivity index (χ0) is 13.3. The van der Waals surface area contributed by atoms with Gasteiger partial charge in [0.1, 0.15) is 0 Å². The van der Waals surface area contributed by atoms with Gasteiger partial charge in [0.2, 0.25) is 0 Å². The molecule has 0 aromatic carbocycles. The van der Waals surface area contributed by atoms with Gasteiger partial charge in [-0.3, -0.25) is 0 Å². The van der Waals surface area contributed by atoms with E-state index in [4.69, 9.17) is 0 Å². The molecule has 104 valence electrons. The second-order valence-corrected chi connectivity index (χ2v) is 5.69. The van der Waals surface area contributed by atoms with E-state index < -0.39 is 0 Å². The summed E-state index contributed by atoms with van der Waals surface area (Å²) in [6.45, 7) is 14.7. The highest BCUT2D eigenvalue weighted by atomic mass is 15.1. The fourth-order valence-electron chi connectivity index (χ4n) is 2.40. The smallest absolute Gasteiger partial charge is 0.0131 e. The standard InChI is InChI=1S/C13H28N2.C2H6/c1-5-6-10-15(4)11-7-12-13(2,3)8-9-14-12;1-2/h12,14H,5-11H2,1-4H3;1-2H3. The molecule has 2 nitrogen and oxygen atoms in total. The molecular formula is C15H34N2. The fourth-order valence-corrected chi connectivity index (χ4v) is 2.40. The van der Waals surface area contributed by atoms with Gasteiger partial charge in [-0.25, -0.2) is 0 Å². The van der Waals surface area contributed by atoms with Gasteiger partial charge < -0.3 is 10.2 Å². The lowest BCUT2D eigenvalue weighted by Crippen LogP contribution is -2.36. The van der Waals surface area contributed by atoms with Gasteiger partial charge in [-0.1, -0.05) is 41.0 Å². The molecule has 0 aromatic heterocycles. The van der Waals surface area contributed by atoms with Gasteiger partial charge in [0, 0.05) is 6.04 Å². The maximum atomic E-state index is 3.63. The Morgan fingerprint density at radius 3 is 2.35 bits per heavy atom. The highest BCUT2D eigenvalue weighted by molar-refractivity contribution is 4.90. The van der Waals surface area contributed by atoms with Crippen LogP contribution in [0.15, 0.2) is 0 Å². The summed E-state index contributed by atoms with van der Waals surface area (Å²) < 4.78 is 0. The number of hydrogen-bond donors (Lipinski definition) is 1. The van der Waals surface area contributed by atoms with Gasteiger partial charge in [0.25, 0.3) is 0 Å². The summed E-state index contributed by atoms with van der Waals surface area (Å²) in [5.74, 6) is 0. The summed E-state index contributed by atoms with van der Waals surface area (Å²) in [6.07, 6.45) is 5.26. The molecule has 1 heterocycles. The Bertz CT molecular complexity index is 178. The van der Waals surface area contributed by atoms with Crippen molar-refractivity contribution in [1.82, 2.24) is 10.2 Å². The fraction of sp³-hybridized carbons (Fsp3) is 1.00. The van der Waals surface area contributed by atoms with Crippen LogP contribution in [-0.2, 0) is 0 Å². The van der Waals surface area contributed by atoms with Crippen molar-refractivity contribution in [2.24, 2.45) is 5.41 Å². The van der Waals surface area contributed by atoms with Crippen LogP contribution in [0.3, 0.4) is 0 Å². The van der Waals surface area contributed by atoms with Gasteiger partial charge in [0.05, 0.1) is 0 Å². The molecule has 1 aliphatic rings. The van der Waals surface area contributed by atoms with E-state index in [9.17, 15) is 0 Å². The summed E-state index contributed by atoms with van der Waals surface area (Å²) in [5.41, 5.74) is 0.506. The van der Waals surface area contributed by atoms with E-state index >= 15 is 0 Å². The molecular weight excluding hydrogens is 208 g/mol. The normalized spacial score (nSPS) is 22.4. The summed E-state index contributed by atoms with van der Waals surface area (Å²) in [5, 5.41) is 3.63. The zero-order valence-electron chi connectivity index (χ0n) is 13.0. The Morgan fingerprint density at radius 1 is 1.24 bits per heavy atom. The maximum absolute atomic E-state index is 3.63. The first-order chi connectivity index (χ1) is 8.06. The summed E-state index contributed by atoms with van der Waals surface area (Å²) in [4.78, 5) is 2.47. The Hall–Kier alpha value is -0.0800. The Balaban J connectivity index is 0.00000121.